The number of aromatic hydroxyl groups is 1. The third-order valence-corrected chi connectivity index (χ3v) is 6.04. The van der Waals surface area contributed by atoms with Crippen molar-refractivity contribution >= 4 is 5.91 Å². The van der Waals surface area contributed by atoms with Crippen molar-refractivity contribution in [2.24, 2.45) is 5.41 Å². The van der Waals surface area contributed by atoms with Gasteiger partial charge in [-0.2, -0.15) is 0 Å². The van der Waals surface area contributed by atoms with Crippen molar-refractivity contribution in [2.45, 2.75) is 52.0 Å². The number of benzene rings is 1. The van der Waals surface area contributed by atoms with Crippen molar-refractivity contribution in [3.63, 3.8) is 0 Å². The second-order valence-electron chi connectivity index (χ2n) is 7.03. The Bertz CT molecular complexity index is 578. The molecule has 3 heteroatoms. The summed E-state index contributed by atoms with van der Waals surface area (Å²) in [7, 11) is 0. The lowest BCUT2D eigenvalue weighted by Crippen LogP contribution is -2.54. The van der Waals surface area contributed by atoms with Crippen LogP contribution in [-0.4, -0.2) is 28.5 Å². The molecule has 1 aliphatic carbocycles. The molecule has 2 aliphatic rings. The normalized spacial score (nSPS) is 30.8. The van der Waals surface area contributed by atoms with Gasteiger partial charge in [0, 0.05) is 19.5 Å². The molecule has 1 heterocycles. The fourth-order valence-corrected chi connectivity index (χ4v) is 4.34. The number of rotatable bonds is 0. The van der Waals surface area contributed by atoms with Crippen molar-refractivity contribution < 1.29 is 9.90 Å². The lowest BCUT2D eigenvalue weighted by atomic mass is 9.54. The number of phenols is 1. The highest BCUT2D eigenvalue weighted by Crippen LogP contribution is 2.57. The number of carbonyl (C=O) groups excluding carboxylic acids is 1. The van der Waals surface area contributed by atoms with E-state index in [1.807, 2.05) is 11.0 Å². The van der Waals surface area contributed by atoms with Gasteiger partial charge in [0.2, 0.25) is 5.91 Å². The van der Waals surface area contributed by atoms with E-state index in [4.69, 9.17) is 0 Å². The summed E-state index contributed by atoms with van der Waals surface area (Å²) in [6.45, 7) is 9.28. The monoisotopic (exact) mass is 273 g/mol. The highest BCUT2D eigenvalue weighted by molar-refractivity contribution is 5.74. The largest absolute Gasteiger partial charge is 0.508 e. The zero-order valence-electron chi connectivity index (χ0n) is 12.7. The first-order valence-electron chi connectivity index (χ1n) is 7.37. The molecule has 1 saturated heterocycles. The quantitative estimate of drug-likeness (QED) is 0.789. The Hall–Kier alpha value is -1.51. The highest BCUT2D eigenvalue weighted by atomic mass is 16.3. The average molecular weight is 273 g/mol. The van der Waals surface area contributed by atoms with Crippen LogP contribution in [0.1, 0.15) is 45.2 Å². The van der Waals surface area contributed by atoms with Gasteiger partial charge in [0.05, 0.1) is 0 Å². The maximum Gasteiger partial charge on any atom is 0.219 e. The van der Waals surface area contributed by atoms with Gasteiger partial charge in [0.15, 0.2) is 0 Å². The molecule has 0 bridgehead atoms. The molecule has 0 spiro atoms. The van der Waals surface area contributed by atoms with Gasteiger partial charge in [-0.3, -0.25) is 4.79 Å². The summed E-state index contributed by atoms with van der Waals surface area (Å²) in [5.41, 5.74) is 2.28. The van der Waals surface area contributed by atoms with Gasteiger partial charge in [0.1, 0.15) is 5.75 Å². The molecular weight excluding hydrogens is 250 g/mol. The second kappa shape index (κ2) is 4.00. The maximum absolute atomic E-state index is 11.9. The molecule has 20 heavy (non-hydrogen) atoms. The third kappa shape index (κ3) is 1.49. The van der Waals surface area contributed by atoms with Crippen molar-refractivity contribution in [1.82, 2.24) is 4.90 Å². The number of amides is 1. The Morgan fingerprint density at radius 3 is 2.70 bits per heavy atom. The van der Waals surface area contributed by atoms with Crippen LogP contribution in [0.2, 0.25) is 0 Å². The zero-order chi connectivity index (χ0) is 14.7. The molecule has 1 fully saturated rings. The van der Waals surface area contributed by atoms with Crippen LogP contribution in [0.3, 0.4) is 0 Å². The summed E-state index contributed by atoms with van der Waals surface area (Å²) < 4.78 is 0. The summed E-state index contributed by atoms with van der Waals surface area (Å²) in [6, 6.07) is 6.00. The minimum atomic E-state index is -0.0474. The van der Waals surface area contributed by atoms with Crippen molar-refractivity contribution in [3.8, 4) is 5.75 Å². The zero-order valence-corrected chi connectivity index (χ0v) is 12.7. The van der Waals surface area contributed by atoms with Crippen LogP contribution in [0.5, 0.6) is 5.75 Å². The molecule has 1 N–H and O–H groups in total. The van der Waals surface area contributed by atoms with Crippen molar-refractivity contribution in [1.29, 1.82) is 0 Å². The van der Waals surface area contributed by atoms with Crippen LogP contribution in [0, 0.1) is 5.41 Å². The summed E-state index contributed by atoms with van der Waals surface area (Å²) in [5, 5.41) is 10.2. The standard InChI is InChI=1S/C17H23NO2/c1-11(19)18-9-8-17(4)15(18)10-12-13(16(17,2)3)6-5-7-14(12)20/h5-7,15,20H,8-10H2,1-4H3/t15-,17+/m1/s1. The fourth-order valence-electron chi connectivity index (χ4n) is 4.34. The van der Waals surface area contributed by atoms with Crippen LogP contribution >= 0.6 is 0 Å². The van der Waals surface area contributed by atoms with E-state index in [-0.39, 0.29) is 22.8 Å². The number of phenolic OH excluding ortho intramolecular Hbond substituents is 1. The molecule has 1 amide bonds. The number of fused-ring (bicyclic) bond motifs is 2. The first-order chi connectivity index (χ1) is 9.29. The summed E-state index contributed by atoms with van der Waals surface area (Å²) in [6.07, 6.45) is 1.79. The van der Waals surface area contributed by atoms with Gasteiger partial charge in [-0.15, -0.1) is 0 Å². The van der Waals surface area contributed by atoms with Crippen LogP contribution in [0.15, 0.2) is 18.2 Å². The lowest BCUT2D eigenvalue weighted by Gasteiger charge is -2.51. The second-order valence-corrected chi connectivity index (χ2v) is 7.03. The van der Waals surface area contributed by atoms with Crippen molar-refractivity contribution in [3.05, 3.63) is 29.3 Å². The molecule has 0 radical (unpaired) electrons. The molecular formula is C17H23NO2. The minimum Gasteiger partial charge on any atom is -0.508 e. The van der Waals surface area contributed by atoms with E-state index in [1.165, 1.54) is 5.56 Å². The van der Waals surface area contributed by atoms with Crippen LogP contribution in [-0.2, 0) is 16.6 Å². The number of hydrogen-bond acceptors (Lipinski definition) is 2. The Morgan fingerprint density at radius 2 is 2.05 bits per heavy atom. The van der Waals surface area contributed by atoms with E-state index in [9.17, 15) is 9.90 Å². The first-order valence-corrected chi connectivity index (χ1v) is 7.37. The molecule has 1 aromatic rings. The summed E-state index contributed by atoms with van der Waals surface area (Å²) in [5.74, 6) is 0.515. The Morgan fingerprint density at radius 1 is 1.35 bits per heavy atom. The van der Waals surface area contributed by atoms with Gasteiger partial charge in [0.25, 0.3) is 0 Å². The number of carbonyl (C=O) groups is 1. The van der Waals surface area contributed by atoms with Gasteiger partial charge < -0.3 is 10.0 Å². The average Bonchev–Trinajstić information content (AvgIpc) is 2.71. The number of likely N-dealkylation sites (tertiary alicyclic amines) is 1. The minimum absolute atomic E-state index is 0.0474. The first kappa shape index (κ1) is 13.5. The Balaban J connectivity index is 2.18. The van der Waals surface area contributed by atoms with Crippen LogP contribution in [0.4, 0.5) is 0 Å². The highest BCUT2D eigenvalue weighted by Gasteiger charge is 2.57. The molecule has 108 valence electrons. The number of nitrogens with zero attached hydrogens (tertiary/aromatic N) is 1. The molecule has 0 aromatic heterocycles. The van der Waals surface area contributed by atoms with Gasteiger partial charge in [-0.1, -0.05) is 32.9 Å². The molecule has 2 atom stereocenters. The molecule has 0 unspecified atom stereocenters. The molecule has 3 rings (SSSR count). The van der Waals surface area contributed by atoms with Crippen LogP contribution in [0.25, 0.3) is 0 Å². The summed E-state index contributed by atoms with van der Waals surface area (Å²) >= 11 is 0. The number of hydrogen-bond donors (Lipinski definition) is 1. The van der Waals surface area contributed by atoms with Gasteiger partial charge in [-0.05, 0) is 40.9 Å². The van der Waals surface area contributed by atoms with E-state index in [0.29, 0.717) is 5.75 Å². The van der Waals surface area contributed by atoms with E-state index >= 15 is 0 Å². The Kier molecular flexibility index (Phi) is 2.69. The van der Waals surface area contributed by atoms with E-state index in [1.54, 1.807) is 13.0 Å². The molecule has 1 aliphatic heterocycles. The molecule has 1 aromatic carbocycles. The SMILES string of the molecule is CC(=O)N1CC[C@@]2(C)[C@H]1Cc1c(O)cccc1C2(C)C. The predicted molar refractivity (Wildman–Crippen MR) is 78.7 cm³/mol. The maximum atomic E-state index is 11.9. The lowest BCUT2D eigenvalue weighted by molar-refractivity contribution is -0.131. The Labute approximate surface area is 120 Å². The smallest absolute Gasteiger partial charge is 0.219 e. The van der Waals surface area contributed by atoms with E-state index in [2.05, 4.69) is 26.8 Å². The third-order valence-electron chi connectivity index (χ3n) is 6.04. The van der Waals surface area contributed by atoms with Crippen molar-refractivity contribution in [2.75, 3.05) is 6.54 Å². The van der Waals surface area contributed by atoms with E-state index < -0.39 is 0 Å². The van der Waals surface area contributed by atoms with Gasteiger partial charge >= 0.3 is 0 Å². The summed E-state index contributed by atoms with van der Waals surface area (Å²) in [4.78, 5) is 13.9. The van der Waals surface area contributed by atoms with Gasteiger partial charge in [-0.25, -0.2) is 0 Å². The van der Waals surface area contributed by atoms with E-state index in [0.717, 1.165) is 24.9 Å². The molecule has 3 nitrogen and oxygen atoms in total. The van der Waals surface area contributed by atoms with Crippen LogP contribution < -0.4 is 0 Å². The predicted octanol–water partition coefficient (Wildman–Crippen LogP) is 2.85. The fraction of sp³-hybridized carbons (Fsp3) is 0.588. The molecule has 0 saturated carbocycles. The topological polar surface area (TPSA) is 40.5 Å².